The summed E-state index contributed by atoms with van der Waals surface area (Å²) < 4.78 is 5.27. The zero-order valence-electron chi connectivity index (χ0n) is 85.0. The van der Waals surface area contributed by atoms with E-state index in [1.165, 1.54) is 76.3 Å². The van der Waals surface area contributed by atoms with Crippen LogP contribution in [0.5, 0.6) is 5.75 Å². The second-order valence-corrected chi connectivity index (χ2v) is 40.8. The Kier molecular flexibility index (Phi) is 33.4. The number of likely N-dealkylation sites (tertiary alicyclic amines) is 1. The first-order valence-corrected chi connectivity index (χ1v) is 51.6. The Labute approximate surface area is 867 Å². The lowest BCUT2D eigenvalue weighted by atomic mass is 9.74. The zero-order chi connectivity index (χ0) is 104. The van der Waals surface area contributed by atoms with E-state index >= 15 is 0 Å². The van der Waals surface area contributed by atoms with Gasteiger partial charge < -0.3 is 48.9 Å². The fourth-order valence-corrected chi connectivity index (χ4v) is 21.5. The lowest BCUT2D eigenvalue weighted by Crippen LogP contribution is -2.47. The number of halogens is 1. The number of guanidine groups is 5. The topological polar surface area (TPSA) is 390 Å². The Morgan fingerprint density at radius 1 is 0.449 bits per heavy atom. The van der Waals surface area contributed by atoms with Crippen molar-refractivity contribution in [1.82, 2.24) is 50.0 Å². The number of aromatic nitrogens is 2. The molecule has 29 heteroatoms. The van der Waals surface area contributed by atoms with Crippen molar-refractivity contribution >= 4 is 82.9 Å². The lowest BCUT2D eigenvalue weighted by molar-refractivity contribution is -0.134. The Hall–Kier alpha value is -15.2. The molecule has 6 aliphatic heterocycles. The van der Waals surface area contributed by atoms with E-state index in [4.69, 9.17) is 55.0 Å². The molecule has 147 heavy (non-hydrogen) atoms. The SMILES string of the molecule is CN1C(=O)C(c2ccccc2)(c2cccc(-c3cncc(C4CC4)c3)c2)N=C1N.CN1C(=O)C[C@@](C)(c2cccc(-c3cccc(Cl)c3)c2)N=C1N.CN1C(=O)[C@@](CCC2CCCCC2)(C[C@H]2CCC[C@@H](NC(=O)NCCc3ccccc3)C2)N=C1N.COc1cccc(-c2cc([C@]3(C)CC(=O)N(C)C(N)=N3)ccn2)c1.NC1=NC(c2ccccc2)(c2ccccc2)C(=O)N1CC1CCN(C(=O)CCc2ccccc2)CC1. The van der Waals surface area contributed by atoms with E-state index in [-0.39, 0.29) is 83.7 Å². The fourth-order valence-electron chi connectivity index (χ4n) is 21.3. The summed E-state index contributed by atoms with van der Waals surface area (Å²) in [6, 6.07) is 86.7. The molecule has 1 saturated heterocycles. The minimum absolute atomic E-state index is 0.0341. The number of likely N-dealkylation sites (N-methyl/N-ethyl adjacent to an activating group) is 2. The van der Waals surface area contributed by atoms with Crippen molar-refractivity contribution < 1.29 is 38.3 Å². The van der Waals surface area contributed by atoms with Crippen molar-refractivity contribution in [2.75, 3.05) is 61.5 Å². The number of benzene rings is 9. The summed E-state index contributed by atoms with van der Waals surface area (Å²) in [7, 11) is 8.32. The number of piperidine rings is 1. The highest BCUT2D eigenvalue weighted by molar-refractivity contribution is 6.30. The van der Waals surface area contributed by atoms with Crippen LogP contribution in [0.4, 0.5) is 4.79 Å². The quantitative estimate of drug-likeness (QED) is 0.0279. The molecule has 9 aliphatic rings. The van der Waals surface area contributed by atoms with Crippen molar-refractivity contribution in [1.29, 1.82) is 0 Å². The second kappa shape index (κ2) is 46.9. The molecule has 8 heterocycles. The number of carbonyl (C=O) groups is 7. The number of nitrogens with two attached hydrogens (primary N) is 5. The summed E-state index contributed by atoms with van der Waals surface area (Å²) in [5.74, 6) is 3.94. The van der Waals surface area contributed by atoms with Crippen LogP contribution in [-0.2, 0) is 63.8 Å². The molecule has 1 unspecified atom stereocenters. The number of methoxy groups -OCH3 is 1. The minimum Gasteiger partial charge on any atom is -0.497 e. The molecule has 20 rings (SSSR count). The van der Waals surface area contributed by atoms with E-state index in [0.717, 1.165) is 143 Å². The summed E-state index contributed by atoms with van der Waals surface area (Å²) in [4.78, 5) is 132. The molecule has 0 bridgehead atoms. The zero-order valence-corrected chi connectivity index (χ0v) is 85.8. The first kappa shape index (κ1) is 105. The maximum absolute atomic E-state index is 14.0. The molecule has 6 atom stereocenters. The normalized spacial score (nSPS) is 21.8. The Balaban J connectivity index is 0.000000133. The second-order valence-electron chi connectivity index (χ2n) is 40.4. The number of aliphatic imine (C=N–C) groups is 5. The molecule has 2 aromatic heterocycles. The highest BCUT2D eigenvalue weighted by atomic mass is 35.5. The number of aryl methyl sites for hydroxylation is 1. The van der Waals surface area contributed by atoms with Crippen LogP contribution in [0.1, 0.15) is 192 Å². The van der Waals surface area contributed by atoms with Crippen LogP contribution >= 0.6 is 11.6 Å². The van der Waals surface area contributed by atoms with Gasteiger partial charge in [-0.2, -0.15) is 0 Å². The first-order chi connectivity index (χ1) is 70.9. The smallest absolute Gasteiger partial charge is 0.315 e. The Bertz CT molecular complexity index is 6640. The number of amides is 8. The van der Waals surface area contributed by atoms with Crippen LogP contribution in [0.15, 0.2) is 310 Å². The third-order valence-electron chi connectivity index (χ3n) is 30.1. The molecule has 3 aliphatic carbocycles. The largest absolute Gasteiger partial charge is 0.497 e. The van der Waals surface area contributed by atoms with Gasteiger partial charge in [0.25, 0.3) is 17.7 Å². The molecule has 4 fully saturated rings. The summed E-state index contributed by atoms with van der Waals surface area (Å²) >= 11 is 6.08. The Morgan fingerprint density at radius 3 is 1.52 bits per heavy atom. The van der Waals surface area contributed by atoms with Gasteiger partial charge in [-0.05, 0) is 230 Å². The average molecular weight is 2000 g/mol. The molecule has 28 nitrogen and oxygen atoms in total. The number of nitrogens with one attached hydrogen (secondary N) is 2. The van der Waals surface area contributed by atoms with E-state index in [0.29, 0.717) is 67.8 Å². The number of hydrogen-bond acceptors (Lipinski definition) is 20. The van der Waals surface area contributed by atoms with Gasteiger partial charge in [0.15, 0.2) is 40.9 Å². The van der Waals surface area contributed by atoms with Crippen LogP contribution in [0.25, 0.3) is 33.5 Å². The van der Waals surface area contributed by atoms with Gasteiger partial charge in [0.05, 0.1) is 36.7 Å². The van der Waals surface area contributed by atoms with Crippen LogP contribution in [0.2, 0.25) is 5.02 Å². The van der Waals surface area contributed by atoms with Crippen molar-refractivity contribution in [2.24, 2.45) is 71.4 Å². The van der Waals surface area contributed by atoms with Crippen molar-refractivity contribution in [2.45, 2.75) is 188 Å². The number of rotatable bonds is 25. The van der Waals surface area contributed by atoms with E-state index in [2.05, 4.69) is 65.9 Å². The molecule has 11 aromatic rings. The van der Waals surface area contributed by atoms with Crippen LogP contribution in [0, 0.1) is 17.8 Å². The molecule has 0 spiro atoms. The molecule has 762 valence electrons. The van der Waals surface area contributed by atoms with E-state index in [9.17, 15) is 33.6 Å². The van der Waals surface area contributed by atoms with Gasteiger partial charge in [0.2, 0.25) is 17.7 Å². The van der Waals surface area contributed by atoms with Gasteiger partial charge in [0.1, 0.15) is 11.3 Å². The number of hydrogen-bond donors (Lipinski definition) is 7. The predicted octanol–water partition coefficient (Wildman–Crippen LogP) is 17.5. The molecule has 0 radical (unpaired) electrons. The van der Waals surface area contributed by atoms with Gasteiger partial charge in [-0.3, -0.25) is 63.2 Å². The maximum atomic E-state index is 14.0. The van der Waals surface area contributed by atoms with Crippen LogP contribution in [0.3, 0.4) is 0 Å². The molecule has 8 amide bonds. The summed E-state index contributed by atoms with van der Waals surface area (Å²) in [6.07, 6.45) is 25.5. The monoisotopic (exact) mass is 2000 g/mol. The van der Waals surface area contributed by atoms with Gasteiger partial charge in [-0.1, -0.05) is 269 Å². The number of urea groups is 1. The molecule has 12 N–H and O–H groups in total. The van der Waals surface area contributed by atoms with Crippen LogP contribution < -0.4 is 44.0 Å². The third kappa shape index (κ3) is 24.6. The number of carbonyl (C=O) groups excluding carboxylic acids is 7. The maximum Gasteiger partial charge on any atom is 0.315 e. The number of nitrogens with zero attached hydrogens (tertiary/aromatic N) is 13. The number of ether oxygens (including phenoxy) is 1. The molecule has 9 aromatic carbocycles. The van der Waals surface area contributed by atoms with Crippen molar-refractivity contribution in [3.05, 3.63) is 341 Å². The lowest BCUT2D eigenvalue weighted by Gasteiger charge is -2.35. The van der Waals surface area contributed by atoms with Gasteiger partial charge in [-0.15, -0.1) is 0 Å². The van der Waals surface area contributed by atoms with Gasteiger partial charge in [-0.25, -0.2) is 29.8 Å². The molecular formula is C118H135ClN20O8. The molecule has 3 saturated carbocycles. The van der Waals surface area contributed by atoms with Gasteiger partial charge >= 0.3 is 6.03 Å². The molecular weight excluding hydrogens is 1860 g/mol. The van der Waals surface area contributed by atoms with E-state index in [1.807, 2.05) is 268 Å². The highest BCUT2D eigenvalue weighted by Gasteiger charge is 2.53. The predicted molar refractivity (Wildman–Crippen MR) is 580 cm³/mol. The van der Waals surface area contributed by atoms with E-state index in [1.54, 1.807) is 51.3 Å². The third-order valence-corrected chi connectivity index (χ3v) is 30.4. The standard InChI is InChI=1S/C30H32N4O2.C28H43N5O2.C24H22N4O.C18H18ClN3O.C18H20N4O2/c31-29-32-30(25-12-6-2-7-13-25,26-14-8-3-9-15-26)28(36)34(29)22-24-18-20-33(21-19-24)27(35)17-16-23-10-4-1-5-11-23;1-33-25(34)28(32-26(33)29,17-15-21-9-4-2-5-10-21)20-23-13-8-14-24(19-23)31-27(35)30-18-16-22-11-6-3-7-12-22;1-28-22(29)24(27-23(28)25,20-7-3-2-4-8-20)21-9-5-6-17(13-21)19-12-18(14-26-15-19)16-10-11-16;1-18(11-16(23)22(2)17(20)21-18)14-7-3-5-12(9-14)13-6-4-8-15(19)10-13;1-18(11-16(23)22(2)17(19)21-18)13-7-8-20-15(10-13)12-5-4-6-14(9-12)24-3/h1-15,24H,16-22H2,(H2,31,32);3,6-7,11-12,21,23-24H,2,4-5,8-10,13-20H2,1H3,(H2,29,32)(H2,30,31,35);2-9,12-16H,10-11H2,1H3,(H2,25,27);3-10H,11H2,1-2H3,(H2,20,21);4-10H,11H2,1-3H3,(H2,19,21)/t;23-,24+,28+;;2*18-/m.0.00/s1. The Morgan fingerprint density at radius 2 is 0.952 bits per heavy atom. The first-order valence-electron chi connectivity index (χ1n) is 51.2. The summed E-state index contributed by atoms with van der Waals surface area (Å²) in [6.45, 7) is 6.39. The highest BCUT2D eigenvalue weighted by Crippen LogP contribution is 2.47. The minimum atomic E-state index is -1.17. The van der Waals surface area contributed by atoms with Crippen molar-refractivity contribution in [3.63, 3.8) is 0 Å². The number of pyridine rings is 2. The summed E-state index contributed by atoms with van der Waals surface area (Å²) in [5.41, 5.74) is 40.6. The van der Waals surface area contributed by atoms with Crippen molar-refractivity contribution in [3.8, 4) is 39.3 Å². The van der Waals surface area contributed by atoms with Gasteiger partial charge in [0, 0.05) is 102 Å². The average Bonchev–Trinajstić information content (AvgIpc) is 1.58. The summed E-state index contributed by atoms with van der Waals surface area (Å²) in [5, 5.41) is 6.87. The van der Waals surface area contributed by atoms with Crippen LogP contribution in [-0.4, -0.2) is 184 Å². The van der Waals surface area contributed by atoms with E-state index < -0.39 is 27.7 Å². The fraction of sp³-hybridized carbons (Fsp3) is 0.356.